The van der Waals surface area contributed by atoms with E-state index in [1.165, 1.54) is 38.9 Å². The Hall–Kier alpha value is -1.27. The molecule has 0 unspecified atom stereocenters. The second kappa shape index (κ2) is 5.38. The number of hydrogen-bond acceptors (Lipinski definition) is 0. The molecule has 2 aromatic carbocycles. The minimum Gasteiger partial charge on any atom is -0.122 e. The van der Waals surface area contributed by atoms with E-state index in [4.69, 9.17) is 11.6 Å². The van der Waals surface area contributed by atoms with E-state index < -0.39 is 0 Å². The van der Waals surface area contributed by atoms with Crippen LogP contribution < -0.4 is 0 Å². The van der Waals surface area contributed by atoms with Crippen molar-refractivity contribution in [1.82, 2.24) is 0 Å². The van der Waals surface area contributed by atoms with E-state index in [9.17, 15) is 0 Å². The van der Waals surface area contributed by atoms with E-state index in [2.05, 4.69) is 71.9 Å². The van der Waals surface area contributed by atoms with Gasteiger partial charge in [0.2, 0.25) is 0 Å². The van der Waals surface area contributed by atoms with Crippen LogP contribution in [-0.4, -0.2) is 0 Å². The summed E-state index contributed by atoms with van der Waals surface area (Å²) in [6.45, 7) is 13.6. The van der Waals surface area contributed by atoms with Crippen LogP contribution in [0.25, 0.3) is 11.1 Å². The summed E-state index contributed by atoms with van der Waals surface area (Å²) in [5, 5.41) is 0. The molecule has 122 valence electrons. The van der Waals surface area contributed by atoms with Crippen LogP contribution in [-0.2, 0) is 23.1 Å². The van der Waals surface area contributed by atoms with Crippen molar-refractivity contribution in [3.63, 3.8) is 0 Å². The van der Waals surface area contributed by atoms with Crippen LogP contribution in [0.2, 0.25) is 0 Å². The molecule has 0 N–H and O–H groups in total. The van der Waals surface area contributed by atoms with Gasteiger partial charge < -0.3 is 0 Å². The van der Waals surface area contributed by atoms with E-state index in [1.54, 1.807) is 0 Å². The molecule has 0 spiro atoms. The molecule has 0 aliphatic heterocycles. The molecule has 0 bridgehead atoms. The van der Waals surface area contributed by atoms with E-state index in [0.29, 0.717) is 5.88 Å². The lowest BCUT2D eigenvalue weighted by atomic mass is 9.83. The first-order valence-corrected chi connectivity index (χ1v) is 9.01. The van der Waals surface area contributed by atoms with Crippen LogP contribution in [0.1, 0.15) is 69.4 Å². The van der Waals surface area contributed by atoms with E-state index in [-0.39, 0.29) is 10.8 Å². The van der Waals surface area contributed by atoms with Crippen LogP contribution in [0.3, 0.4) is 0 Å². The van der Waals surface area contributed by atoms with Crippen molar-refractivity contribution in [2.24, 2.45) is 0 Å². The van der Waals surface area contributed by atoms with Gasteiger partial charge in [-0.25, -0.2) is 0 Å². The highest BCUT2D eigenvalue weighted by atomic mass is 35.5. The molecular weight excluding hydrogens is 300 g/mol. The van der Waals surface area contributed by atoms with Gasteiger partial charge in [0.1, 0.15) is 0 Å². The van der Waals surface area contributed by atoms with Crippen molar-refractivity contribution < 1.29 is 0 Å². The molecule has 2 aromatic rings. The summed E-state index contributed by atoms with van der Waals surface area (Å²) in [4.78, 5) is 0. The molecule has 0 saturated heterocycles. The molecular formula is C22H27Cl. The molecule has 0 fully saturated rings. The molecule has 1 aliphatic carbocycles. The van der Waals surface area contributed by atoms with Crippen LogP contribution in [0, 0.1) is 0 Å². The Bertz CT molecular complexity index is 755. The van der Waals surface area contributed by atoms with Crippen LogP contribution in [0.5, 0.6) is 0 Å². The van der Waals surface area contributed by atoms with Gasteiger partial charge in [-0.2, -0.15) is 0 Å². The molecule has 3 rings (SSSR count). The maximum atomic E-state index is 6.30. The second-order valence-corrected chi connectivity index (χ2v) is 9.12. The summed E-state index contributed by atoms with van der Waals surface area (Å²) in [6, 6.07) is 11.7. The predicted octanol–water partition coefficient (Wildman–Crippen LogP) is 6.59. The van der Waals surface area contributed by atoms with Gasteiger partial charge in [0.15, 0.2) is 0 Å². The van der Waals surface area contributed by atoms with Gasteiger partial charge in [-0.15, -0.1) is 11.6 Å². The fraction of sp³-hybridized carbons (Fsp3) is 0.455. The Balaban J connectivity index is 2.16. The first-order chi connectivity index (χ1) is 10.6. The normalized spacial score (nSPS) is 13.9. The summed E-state index contributed by atoms with van der Waals surface area (Å²) in [7, 11) is 0. The monoisotopic (exact) mass is 326 g/mol. The molecule has 0 radical (unpaired) electrons. The molecule has 0 saturated carbocycles. The number of alkyl halides is 1. The summed E-state index contributed by atoms with van der Waals surface area (Å²) in [5.41, 5.74) is 10.1. The van der Waals surface area contributed by atoms with Gasteiger partial charge in [0.25, 0.3) is 0 Å². The third-order valence-electron chi connectivity index (χ3n) is 4.93. The topological polar surface area (TPSA) is 0 Å². The largest absolute Gasteiger partial charge is 0.122 e. The van der Waals surface area contributed by atoms with E-state index >= 15 is 0 Å². The maximum absolute atomic E-state index is 6.30. The average Bonchev–Trinajstić information content (AvgIpc) is 2.81. The maximum Gasteiger partial charge on any atom is 0.0480 e. The molecule has 1 aliphatic rings. The van der Waals surface area contributed by atoms with Gasteiger partial charge in [0.05, 0.1) is 0 Å². The first-order valence-electron chi connectivity index (χ1n) is 8.47. The fourth-order valence-electron chi connectivity index (χ4n) is 3.45. The highest BCUT2D eigenvalue weighted by Gasteiger charge is 2.26. The zero-order chi connectivity index (χ0) is 17.0. The molecule has 0 nitrogen and oxygen atoms in total. The van der Waals surface area contributed by atoms with Gasteiger partial charge in [-0.1, -0.05) is 71.9 Å². The fourth-order valence-corrected chi connectivity index (χ4v) is 3.66. The van der Waals surface area contributed by atoms with Crippen molar-refractivity contribution in [3.8, 4) is 11.1 Å². The van der Waals surface area contributed by atoms with Gasteiger partial charge in [-0.05, 0) is 56.2 Å². The predicted molar refractivity (Wildman–Crippen MR) is 102 cm³/mol. The quantitative estimate of drug-likeness (QED) is 0.442. The highest BCUT2D eigenvalue weighted by Crippen LogP contribution is 2.43. The Morgan fingerprint density at radius 3 is 2.00 bits per heavy atom. The van der Waals surface area contributed by atoms with Crippen molar-refractivity contribution in [1.29, 1.82) is 0 Å². The third kappa shape index (κ3) is 2.94. The smallest absolute Gasteiger partial charge is 0.0480 e. The zero-order valence-corrected chi connectivity index (χ0v) is 15.9. The minimum atomic E-state index is 0.154. The van der Waals surface area contributed by atoms with Crippen LogP contribution in [0.15, 0.2) is 30.3 Å². The van der Waals surface area contributed by atoms with Crippen LogP contribution >= 0.6 is 11.6 Å². The molecule has 0 atom stereocenters. The number of halogens is 1. The number of hydrogen-bond donors (Lipinski definition) is 0. The van der Waals surface area contributed by atoms with Gasteiger partial charge in [0, 0.05) is 5.88 Å². The van der Waals surface area contributed by atoms with Crippen molar-refractivity contribution in [2.45, 2.75) is 64.7 Å². The second-order valence-electron chi connectivity index (χ2n) is 8.85. The lowest BCUT2D eigenvalue weighted by Crippen LogP contribution is -2.12. The molecule has 0 heterocycles. The summed E-state index contributed by atoms with van der Waals surface area (Å²) < 4.78 is 0. The number of rotatable bonds is 1. The van der Waals surface area contributed by atoms with Crippen molar-refractivity contribution in [3.05, 3.63) is 58.1 Å². The Morgan fingerprint density at radius 1 is 0.826 bits per heavy atom. The average molecular weight is 327 g/mol. The number of fused-ring (bicyclic) bond motifs is 3. The van der Waals surface area contributed by atoms with Gasteiger partial charge in [-0.3, -0.25) is 0 Å². The van der Waals surface area contributed by atoms with Gasteiger partial charge >= 0.3 is 0 Å². The Morgan fingerprint density at radius 2 is 1.43 bits per heavy atom. The SMILES string of the molecule is CC(C)(C)c1ccc2c(c1)Cc1cc(C(C)(C)C)cc(CCl)c1-2. The van der Waals surface area contributed by atoms with Crippen molar-refractivity contribution in [2.75, 3.05) is 0 Å². The molecule has 1 heteroatoms. The number of benzene rings is 2. The lowest BCUT2D eigenvalue weighted by molar-refractivity contribution is 0.589. The molecule has 0 amide bonds. The molecule has 23 heavy (non-hydrogen) atoms. The van der Waals surface area contributed by atoms with Crippen LogP contribution in [0.4, 0.5) is 0 Å². The zero-order valence-electron chi connectivity index (χ0n) is 15.2. The summed E-state index contributed by atoms with van der Waals surface area (Å²) in [6.07, 6.45) is 1.03. The standard InChI is InChI=1S/C22H27Cl/c1-21(2,3)17-7-8-19-14(10-17)9-15-11-18(22(4,5)6)12-16(13-23)20(15)19/h7-8,10-12H,9,13H2,1-6H3. The first kappa shape index (κ1) is 16.6. The molecule has 0 aromatic heterocycles. The third-order valence-corrected chi connectivity index (χ3v) is 5.22. The highest BCUT2D eigenvalue weighted by molar-refractivity contribution is 6.17. The Kier molecular flexibility index (Phi) is 3.88. The Labute approximate surface area is 145 Å². The minimum absolute atomic E-state index is 0.154. The summed E-state index contributed by atoms with van der Waals surface area (Å²) >= 11 is 6.30. The van der Waals surface area contributed by atoms with E-state index in [1.807, 2.05) is 0 Å². The summed E-state index contributed by atoms with van der Waals surface area (Å²) in [5.74, 6) is 0.576. The van der Waals surface area contributed by atoms with Crippen molar-refractivity contribution >= 4 is 11.6 Å². The lowest BCUT2D eigenvalue weighted by Gasteiger charge is -2.22. The van der Waals surface area contributed by atoms with E-state index in [0.717, 1.165) is 6.42 Å².